The maximum atomic E-state index is 3.54. The van der Waals surface area contributed by atoms with Gasteiger partial charge in [-0.3, -0.25) is 0 Å². The number of allylic oxidation sites excluding steroid dienone is 1. The molecule has 1 aromatic heterocycles. The van der Waals surface area contributed by atoms with E-state index in [4.69, 9.17) is 0 Å². The van der Waals surface area contributed by atoms with Crippen LogP contribution in [0.3, 0.4) is 0 Å². The number of aromatic nitrogens is 1. The molecule has 0 radical (unpaired) electrons. The Morgan fingerprint density at radius 2 is 1.77 bits per heavy atom. The highest BCUT2D eigenvalue weighted by Crippen LogP contribution is 2.29. The Balaban J connectivity index is 2.07. The van der Waals surface area contributed by atoms with Gasteiger partial charge in [0.1, 0.15) is 0 Å². The highest BCUT2D eigenvalue weighted by molar-refractivity contribution is 5.87. The number of hydrogen-bond donors (Lipinski definition) is 1. The molecule has 1 nitrogen and oxygen atoms in total. The smallest absolute Gasteiger partial charge is 0.0464 e. The van der Waals surface area contributed by atoms with Crippen LogP contribution in [-0.4, -0.2) is 4.98 Å². The molecule has 0 saturated heterocycles. The number of rotatable bonds is 2. The van der Waals surface area contributed by atoms with Gasteiger partial charge in [0.15, 0.2) is 0 Å². The summed E-state index contributed by atoms with van der Waals surface area (Å²) in [6, 6.07) is 17.6. The minimum absolute atomic E-state index is 0.168. The van der Waals surface area contributed by atoms with Crippen molar-refractivity contribution >= 4 is 17.0 Å². The number of fused-ring (bicyclic) bond motifs is 1. The fourth-order valence-electron chi connectivity index (χ4n) is 2.76. The van der Waals surface area contributed by atoms with Gasteiger partial charge in [-0.2, -0.15) is 0 Å². The second kappa shape index (κ2) is 5.49. The second-order valence-corrected chi connectivity index (χ2v) is 6.86. The zero-order valence-electron chi connectivity index (χ0n) is 13.8. The lowest BCUT2D eigenvalue weighted by Gasteiger charge is -2.19. The number of benzene rings is 2. The van der Waals surface area contributed by atoms with Crippen LogP contribution in [-0.2, 0) is 5.41 Å². The molecule has 1 N–H and O–H groups in total. The third-order valence-corrected chi connectivity index (χ3v) is 4.04. The van der Waals surface area contributed by atoms with Crippen LogP contribution in [0.2, 0.25) is 0 Å². The normalized spacial score (nSPS) is 12.4. The second-order valence-electron chi connectivity index (χ2n) is 6.86. The maximum absolute atomic E-state index is 3.54. The molecule has 0 bridgehead atoms. The monoisotopic (exact) mass is 289 g/mol. The number of aromatic amines is 1. The predicted molar refractivity (Wildman–Crippen MR) is 97.1 cm³/mol. The van der Waals surface area contributed by atoms with Crippen LogP contribution in [0.15, 0.2) is 54.6 Å². The van der Waals surface area contributed by atoms with Crippen molar-refractivity contribution in [2.75, 3.05) is 0 Å². The highest BCUT2D eigenvalue weighted by Gasteiger charge is 2.14. The van der Waals surface area contributed by atoms with Crippen molar-refractivity contribution < 1.29 is 0 Å². The summed E-state index contributed by atoms with van der Waals surface area (Å²) in [6.45, 7) is 8.80. The van der Waals surface area contributed by atoms with E-state index in [9.17, 15) is 0 Å². The zero-order chi connectivity index (χ0) is 15.7. The molecular weight excluding hydrogens is 266 g/mol. The Hall–Kier alpha value is -2.28. The van der Waals surface area contributed by atoms with Gasteiger partial charge in [0, 0.05) is 16.6 Å². The van der Waals surface area contributed by atoms with Gasteiger partial charge in [-0.15, -0.1) is 0 Å². The molecule has 22 heavy (non-hydrogen) atoms. The molecule has 112 valence electrons. The van der Waals surface area contributed by atoms with E-state index in [0.717, 1.165) is 0 Å². The molecule has 3 aromatic rings. The maximum Gasteiger partial charge on any atom is 0.0464 e. The topological polar surface area (TPSA) is 15.8 Å². The van der Waals surface area contributed by atoms with E-state index in [0.29, 0.717) is 0 Å². The average Bonchev–Trinajstić information content (AvgIpc) is 2.90. The van der Waals surface area contributed by atoms with Gasteiger partial charge in [-0.25, -0.2) is 0 Å². The summed E-state index contributed by atoms with van der Waals surface area (Å²) in [5, 5.41) is 1.26. The van der Waals surface area contributed by atoms with E-state index in [1.165, 1.54) is 33.3 Å². The summed E-state index contributed by atoms with van der Waals surface area (Å²) < 4.78 is 0. The van der Waals surface area contributed by atoms with E-state index >= 15 is 0 Å². The van der Waals surface area contributed by atoms with Crippen LogP contribution in [0, 0.1) is 0 Å². The van der Waals surface area contributed by atoms with E-state index in [1.54, 1.807) is 0 Å². The van der Waals surface area contributed by atoms with Crippen LogP contribution in [0.25, 0.3) is 28.2 Å². The quantitative estimate of drug-likeness (QED) is 0.581. The van der Waals surface area contributed by atoms with Gasteiger partial charge >= 0.3 is 0 Å². The molecule has 3 rings (SSSR count). The lowest BCUT2D eigenvalue weighted by atomic mass is 9.86. The van der Waals surface area contributed by atoms with E-state index in [2.05, 4.69) is 86.4 Å². The zero-order valence-corrected chi connectivity index (χ0v) is 13.8. The van der Waals surface area contributed by atoms with Crippen LogP contribution in [0.4, 0.5) is 0 Å². The third kappa shape index (κ3) is 2.85. The first-order chi connectivity index (χ1) is 10.5. The molecule has 0 atom stereocenters. The van der Waals surface area contributed by atoms with Crippen LogP contribution < -0.4 is 0 Å². The molecule has 0 saturated carbocycles. The SMILES string of the molecule is C/C=C/c1ccc2[nH]c(-c3cccc(C(C)(C)C)c3)cc2c1. The van der Waals surface area contributed by atoms with Crippen molar-refractivity contribution in [3.8, 4) is 11.3 Å². The fourth-order valence-corrected chi connectivity index (χ4v) is 2.76. The molecule has 0 aliphatic heterocycles. The Bertz CT molecular complexity index is 828. The molecule has 2 aromatic carbocycles. The first kappa shape index (κ1) is 14.6. The van der Waals surface area contributed by atoms with Crippen molar-refractivity contribution in [2.24, 2.45) is 0 Å². The average molecular weight is 289 g/mol. The van der Waals surface area contributed by atoms with E-state index in [1.807, 2.05) is 6.92 Å². The first-order valence-corrected chi connectivity index (χ1v) is 7.84. The first-order valence-electron chi connectivity index (χ1n) is 7.84. The largest absolute Gasteiger partial charge is 0.355 e. The summed E-state index contributed by atoms with van der Waals surface area (Å²) in [6.07, 6.45) is 4.20. The van der Waals surface area contributed by atoms with Crippen LogP contribution in [0.1, 0.15) is 38.8 Å². The highest BCUT2D eigenvalue weighted by atomic mass is 14.7. The van der Waals surface area contributed by atoms with Crippen LogP contribution in [0.5, 0.6) is 0 Å². The molecular formula is C21H23N. The minimum Gasteiger partial charge on any atom is -0.355 e. The Morgan fingerprint density at radius 3 is 2.50 bits per heavy atom. The number of H-pyrrole nitrogens is 1. The van der Waals surface area contributed by atoms with Crippen molar-refractivity contribution in [1.29, 1.82) is 0 Å². The molecule has 1 heteroatoms. The summed E-state index contributed by atoms with van der Waals surface area (Å²) in [5.74, 6) is 0. The Morgan fingerprint density at radius 1 is 0.955 bits per heavy atom. The van der Waals surface area contributed by atoms with Crippen LogP contribution >= 0.6 is 0 Å². The summed E-state index contributed by atoms with van der Waals surface area (Å²) in [5.41, 5.74) is 6.38. The van der Waals surface area contributed by atoms with Gasteiger partial charge in [-0.1, -0.05) is 57.2 Å². The van der Waals surface area contributed by atoms with Crippen molar-refractivity contribution in [2.45, 2.75) is 33.1 Å². The lowest BCUT2D eigenvalue weighted by molar-refractivity contribution is 0.590. The molecule has 0 fully saturated rings. The van der Waals surface area contributed by atoms with Gasteiger partial charge in [0.25, 0.3) is 0 Å². The van der Waals surface area contributed by atoms with Gasteiger partial charge in [0.05, 0.1) is 0 Å². The predicted octanol–water partition coefficient (Wildman–Crippen LogP) is 6.17. The van der Waals surface area contributed by atoms with Gasteiger partial charge in [-0.05, 0) is 53.3 Å². The molecule has 0 aliphatic carbocycles. The molecule has 0 amide bonds. The standard InChI is InChI=1S/C21H23N/c1-5-7-15-10-11-19-17(12-15)14-20(22-19)16-8-6-9-18(13-16)21(2,3)4/h5-14,22H,1-4H3/b7-5+. The molecule has 0 unspecified atom stereocenters. The molecule has 0 spiro atoms. The molecule has 1 heterocycles. The Labute approximate surface area is 132 Å². The minimum atomic E-state index is 0.168. The van der Waals surface area contributed by atoms with Crippen molar-refractivity contribution in [1.82, 2.24) is 4.98 Å². The summed E-state index contributed by atoms with van der Waals surface area (Å²) in [4.78, 5) is 3.54. The number of hydrogen-bond acceptors (Lipinski definition) is 0. The molecule has 0 aliphatic rings. The summed E-state index contributed by atoms with van der Waals surface area (Å²) in [7, 11) is 0. The van der Waals surface area contributed by atoms with Gasteiger partial charge < -0.3 is 4.98 Å². The lowest BCUT2D eigenvalue weighted by Crippen LogP contribution is -2.10. The number of nitrogens with one attached hydrogen (secondary N) is 1. The fraction of sp³-hybridized carbons (Fsp3) is 0.238. The van der Waals surface area contributed by atoms with Crippen molar-refractivity contribution in [3.63, 3.8) is 0 Å². The van der Waals surface area contributed by atoms with E-state index < -0.39 is 0 Å². The van der Waals surface area contributed by atoms with Crippen molar-refractivity contribution in [3.05, 3.63) is 65.7 Å². The van der Waals surface area contributed by atoms with E-state index in [-0.39, 0.29) is 5.41 Å². The Kier molecular flexibility index (Phi) is 3.66. The van der Waals surface area contributed by atoms with Gasteiger partial charge in [0.2, 0.25) is 0 Å². The third-order valence-electron chi connectivity index (χ3n) is 4.04. The summed E-state index contributed by atoms with van der Waals surface area (Å²) >= 11 is 0.